The first-order valence-electron chi connectivity index (χ1n) is 8.03. The number of ether oxygens (including phenoxy) is 1. The lowest BCUT2D eigenvalue weighted by molar-refractivity contribution is -0.124. The van der Waals surface area contributed by atoms with Crippen molar-refractivity contribution in [3.05, 3.63) is 29.3 Å². The highest BCUT2D eigenvalue weighted by atomic mass is 16.5. The number of aryl methyl sites for hydroxylation is 1. The summed E-state index contributed by atoms with van der Waals surface area (Å²) in [5.74, 6) is 0.751. The molecule has 1 unspecified atom stereocenters. The number of nitrogens with two attached hydrogens (primary N) is 1. The van der Waals surface area contributed by atoms with Gasteiger partial charge in [0.15, 0.2) is 6.61 Å². The third kappa shape index (κ3) is 3.56. The van der Waals surface area contributed by atoms with Crippen molar-refractivity contribution < 1.29 is 9.53 Å². The fourth-order valence-corrected chi connectivity index (χ4v) is 3.38. The van der Waals surface area contributed by atoms with E-state index in [1.807, 2.05) is 18.2 Å². The maximum atomic E-state index is 11.9. The van der Waals surface area contributed by atoms with E-state index in [0.717, 1.165) is 31.4 Å². The molecule has 1 aromatic rings. The van der Waals surface area contributed by atoms with Crippen LogP contribution in [0.1, 0.15) is 55.7 Å². The summed E-state index contributed by atoms with van der Waals surface area (Å²) in [4.78, 5) is 11.9. The van der Waals surface area contributed by atoms with Gasteiger partial charge in [0.2, 0.25) is 0 Å². The summed E-state index contributed by atoms with van der Waals surface area (Å²) in [5, 5.41) is 3.06. The monoisotopic (exact) mass is 288 g/mol. The van der Waals surface area contributed by atoms with Gasteiger partial charge in [0.05, 0.1) is 0 Å². The van der Waals surface area contributed by atoms with E-state index >= 15 is 0 Å². The summed E-state index contributed by atoms with van der Waals surface area (Å²) in [5.41, 5.74) is 8.49. The van der Waals surface area contributed by atoms with Gasteiger partial charge in [-0.05, 0) is 48.9 Å². The van der Waals surface area contributed by atoms with Gasteiger partial charge in [-0.3, -0.25) is 4.79 Å². The van der Waals surface area contributed by atoms with Gasteiger partial charge in [-0.25, -0.2) is 0 Å². The van der Waals surface area contributed by atoms with Crippen molar-refractivity contribution in [2.75, 3.05) is 6.61 Å². The summed E-state index contributed by atoms with van der Waals surface area (Å²) in [7, 11) is 0. The second kappa shape index (κ2) is 6.48. The van der Waals surface area contributed by atoms with Crippen molar-refractivity contribution in [3.8, 4) is 5.75 Å². The van der Waals surface area contributed by atoms with Gasteiger partial charge < -0.3 is 15.8 Å². The zero-order valence-corrected chi connectivity index (χ0v) is 12.4. The number of amides is 1. The molecule has 4 heteroatoms. The maximum Gasteiger partial charge on any atom is 0.258 e. The molecule has 0 spiro atoms. The van der Waals surface area contributed by atoms with E-state index in [9.17, 15) is 4.79 Å². The van der Waals surface area contributed by atoms with Crippen LogP contribution in [0.4, 0.5) is 0 Å². The molecule has 0 heterocycles. The van der Waals surface area contributed by atoms with Crippen LogP contribution in [0, 0.1) is 0 Å². The van der Waals surface area contributed by atoms with Crippen molar-refractivity contribution in [3.63, 3.8) is 0 Å². The molecular weight excluding hydrogens is 264 g/mol. The Morgan fingerprint density at radius 3 is 2.86 bits per heavy atom. The van der Waals surface area contributed by atoms with Crippen LogP contribution in [0.3, 0.4) is 0 Å². The van der Waals surface area contributed by atoms with Crippen molar-refractivity contribution in [2.24, 2.45) is 5.73 Å². The molecule has 3 N–H and O–H groups in total. The highest BCUT2D eigenvalue weighted by molar-refractivity contribution is 5.77. The van der Waals surface area contributed by atoms with Gasteiger partial charge in [-0.15, -0.1) is 0 Å². The summed E-state index contributed by atoms with van der Waals surface area (Å²) < 4.78 is 5.62. The highest BCUT2D eigenvalue weighted by Gasteiger charge is 2.19. The number of carbonyl (C=O) groups is 1. The summed E-state index contributed by atoms with van der Waals surface area (Å²) >= 11 is 0. The van der Waals surface area contributed by atoms with E-state index in [0.29, 0.717) is 6.04 Å². The molecule has 0 aliphatic heterocycles. The van der Waals surface area contributed by atoms with Crippen LogP contribution >= 0.6 is 0 Å². The van der Waals surface area contributed by atoms with Gasteiger partial charge in [0.25, 0.3) is 5.91 Å². The van der Waals surface area contributed by atoms with Crippen molar-refractivity contribution in [1.82, 2.24) is 5.32 Å². The number of benzene rings is 1. The molecule has 1 atom stereocenters. The Morgan fingerprint density at radius 2 is 2.05 bits per heavy atom. The van der Waals surface area contributed by atoms with Gasteiger partial charge in [-0.1, -0.05) is 25.3 Å². The van der Waals surface area contributed by atoms with Crippen LogP contribution in [-0.4, -0.2) is 18.6 Å². The van der Waals surface area contributed by atoms with Crippen LogP contribution in [-0.2, 0) is 11.2 Å². The van der Waals surface area contributed by atoms with Gasteiger partial charge in [0, 0.05) is 12.1 Å². The molecule has 21 heavy (non-hydrogen) atoms. The Morgan fingerprint density at radius 1 is 1.24 bits per heavy atom. The van der Waals surface area contributed by atoms with E-state index in [4.69, 9.17) is 10.5 Å². The van der Waals surface area contributed by atoms with Crippen LogP contribution in [0.15, 0.2) is 18.2 Å². The molecule has 2 aliphatic carbocycles. The highest BCUT2D eigenvalue weighted by Crippen LogP contribution is 2.31. The fourth-order valence-electron chi connectivity index (χ4n) is 3.38. The van der Waals surface area contributed by atoms with Crippen LogP contribution in [0.5, 0.6) is 5.75 Å². The van der Waals surface area contributed by atoms with E-state index in [-0.39, 0.29) is 18.6 Å². The summed E-state index contributed by atoms with van der Waals surface area (Å²) in [6, 6.07) is 6.46. The van der Waals surface area contributed by atoms with Crippen molar-refractivity contribution in [1.29, 1.82) is 0 Å². The summed E-state index contributed by atoms with van der Waals surface area (Å²) in [6.45, 7) is 0.0986. The molecule has 3 rings (SSSR count). The van der Waals surface area contributed by atoms with Crippen LogP contribution < -0.4 is 15.8 Å². The Labute approximate surface area is 126 Å². The predicted molar refractivity (Wildman–Crippen MR) is 82.2 cm³/mol. The first-order valence-corrected chi connectivity index (χ1v) is 8.03. The van der Waals surface area contributed by atoms with E-state index in [2.05, 4.69) is 5.32 Å². The Kier molecular flexibility index (Phi) is 4.44. The molecule has 4 nitrogen and oxygen atoms in total. The number of rotatable bonds is 4. The molecule has 1 fully saturated rings. The zero-order chi connectivity index (χ0) is 14.7. The van der Waals surface area contributed by atoms with Crippen molar-refractivity contribution in [2.45, 2.75) is 57.0 Å². The second-order valence-corrected chi connectivity index (χ2v) is 6.20. The van der Waals surface area contributed by atoms with Crippen LogP contribution in [0.2, 0.25) is 0 Å². The minimum atomic E-state index is -0.0147. The largest absolute Gasteiger partial charge is 0.484 e. The maximum absolute atomic E-state index is 11.9. The van der Waals surface area contributed by atoms with Gasteiger partial charge in [0.1, 0.15) is 5.75 Å². The first-order chi connectivity index (χ1) is 10.2. The lowest BCUT2D eigenvalue weighted by atomic mass is 9.95. The normalized spacial score (nSPS) is 21.9. The van der Waals surface area contributed by atoms with E-state index in [1.54, 1.807) is 0 Å². The standard InChI is InChI=1S/C17H24N2O2/c18-16-9-6-12-10-14(7-8-15(12)16)21-11-17(20)19-13-4-2-1-3-5-13/h7-8,10,13,16H,1-6,9,11,18H2,(H,19,20). The Bertz CT molecular complexity index is 510. The molecule has 1 aromatic carbocycles. The smallest absolute Gasteiger partial charge is 0.258 e. The van der Waals surface area contributed by atoms with Gasteiger partial charge >= 0.3 is 0 Å². The van der Waals surface area contributed by atoms with E-state index in [1.165, 1.54) is 30.4 Å². The second-order valence-electron chi connectivity index (χ2n) is 6.20. The molecule has 114 valence electrons. The topological polar surface area (TPSA) is 64.3 Å². The molecular formula is C17H24N2O2. The summed E-state index contributed by atoms with van der Waals surface area (Å²) in [6.07, 6.45) is 7.93. The van der Waals surface area contributed by atoms with Crippen LogP contribution in [0.25, 0.3) is 0 Å². The average Bonchev–Trinajstić information content (AvgIpc) is 2.87. The minimum Gasteiger partial charge on any atom is -0.484 e. The number of fused-ring (bicyclic) bond motifs is 1. The first kappa shape index (κ1) is 14.4. The number of nitrogens with one attached hydrogen (secondary N) is 1. The van der Waals surface area contributed by atoms with Gasteiger partial charge in [-0.2, -0.15) is 0 Å². The number of hydrogen-bond acceptors (Lipinski definition) is 3. The third-order valence-electron chi connectivity index (χ3n) is 4.58. The predicted octanol–water partition coefficient (Wildman–Crippen LogP) is 2.46. The lowest BCUT2D eigenvalue weighted by Gasteiger charge is -2.22. The molecule has 0 bridgehead atoms. The Balaban J connectivity index is 1.49. The molecule has 0 radical (unpaired) electrons. The number of hydrogen-bond donors (Lipinski definition) is 2. The fraction of sp³-hybridized carbons (Fsp3) is 0.588. The SMILES string of the molecule is NC1CCc2cc(OCC(=O)NC3CCCCC3)ccc21. The molecule has 1 saturated carbocycles. The van der Waals surface area contributed by atoms with Crippen molar-refractivity contribution >= 4 is 5.91 Å². The van der Waals surface area contributed by atoms with E-state index < -0.39 is 0 Å². The Hall–Kier alpha value is -1.55. The number of carbonyl (C=O) groups excluding carboxylic acids is 1. The molecule has 0 aromatic heterocycles. The third-order valence-corrected chi connectivity index (χ3v) is 4.58. The molecule has 2 aliphatic rings. The lowest BCUT2D eigenvalue weighted by Crippen LogP contribution is -2.38. The zero-order valence-electron chi connectivity index (χ0n) is 12.4. The minimum absolute atomic E-state index is 0.0147. The molecule has 1 amide bonds. The molecule has 0 saturated heterocycles. The quantitative estimate of drug-likeness (QED) is 0.894. The average molecular weight is 288 g/mol.